The molecule has 4 heteroatoms. The van der Waals surface area contributed by atoms with Crippen LogP contribution in [-0.4, -0.2) is 11.6 Å². The van der Waals surface area contributed by atoms with Crippen molar-refractivity contribution in [1.29, 1.82) is 0 Å². The lowest BCUT2D eigenvalue weighted by atomic mass is 10.1. The van der Waals surface area contributed by atoms with Crippen molar-refractivity contribution in [3.8, 4) is 11.3 Å². The third-order valence-corrected chi connectivity index (χ3v) is 4.74. The van der Waals surface area contributed by atoms with E-state index in [-0.39, 0.29) is 5.60 Å². The fourth-order valence-electron chi connectivity index (χ4n) is 1.95. The van der Waals surface area contributed by atoms with Gasteiger partial charge < -0.3 is 4.74 Å². The van der Waals surface area contributed by atoms with E-state index in [0.29, 0.717) is 6.61 Å². The summed E-state index contributed by atoms with van der Waals surface area (Å²) in [4.78, 5) is 6.01. The van der Waals surface area contributed by atoms with Gasteiger partial charge in [0.25, 0.3) is 0 Å². The largest absolute Gasteiger partial charge is 0.369 e. The van der Waals surface area contributed by atoms with Crippen LogP contribution < -0.4 is 0 Å². The van der Waals surface area contributed by atoms with Crippen LogP contribution in [0, 0.1) is 6.92 Å². The Kier molecular flexibility index (Phi) is 4.43. The minimum Gasteiger partial charge on any atom is -0.369 e. The van der Waals surface area contributed by atoms with E-state index in [0.717, 1.165) is 20.7 Å². The molecule has 0 bridgehead atoms. The molecule has 0 saturated heterocycles. The third kappa shape index (κ3) is 3.25. The summed E-state index contributed by atoms with van der Waals surface area (Å²) in [7, 11) is 0. The van der Waals surface area contributed by atoms with Crippen LogP contribution in [0.25, 0.3) is 11.3 Å². The minimum atomic E-state index is -0.322. The molecule has 0 amide bonds. The van der Waals surface area contributed by atoms with Gasteiger partial charge in [0, 0.05) is 21.5 Å². The first-order valence-electron chi connectivity index (χ1n) is 6.32. The summed E-state index contributed by atoms with van der Waals surface area (Å²) in [6, 6.07) is 8.26. The highest BCUT2D eigenvalue weighted by atomic mass is 79.9. The molecule has 0 radical (unpaired) electrons. The van der Waals surface area contributed by atoms with Gasteiger partial charge in [-0.2, -0.15) is 0 Å². The predicted octanol–water partition coefficient (Wildman–Crippen LogP) is 5.15. The van der Waals surface area contributed by atoms with Crippen molar-refractivity contribution in [1.82, 2.24) is 4.98 Å². The van der Waals surface area contributed by atoms with Crippen molar-refractivity contribution in [3.05, 3.63) is 38.6 Å². The Morgan fingerprint density at radius 2 is 1.89 bits per heavy atom. The zero-order valence-corrected chi connectivity index (χ0v) is 14.1. The van der Waals surface area contributed by atoms with E-state index >= 15 is 0 Å². The van der Waals surface area contributed by atoms with Gasteiger partial charge in [0.1, 0.15) is 10.6 Å². The molecule has 0 aliphatic carbocycles. The van der Waals surface area contributed by atoms with Gasteiger partial charge >= 0.3 is 0 Å². The van der Waals surface area contributed by atoms with Crippen LogP contribution in [-0.2, 0) is 10.3 Å². The molecule has 0 unspecified atom stereocenters. The Morgan fingerprint density at radius 3 is 2.47 bits per heavy atom. The Hall–Kier alpha value is -0.710. The molecule has 0 aliphatic rings. The maximum atomic E-state index is 5.78. The second-order valence-electron chi connectivity index (χ2n) is 4.87. The van der Waals surface area contributed by atoms with Gasteiger partial charge in [-0.05, 0) is 39.8 Å². The zero-order chi connectivity index (χ0) is 14.0. The average Bonchev–Trinajstić information content (AvgIpc) is 2.73. The van der Waals surface area contributed by atoms with Crippen LogP contribution in [0.1, 0.15) is 30.7 Å². The molecule has 0 atom stereocenters. The number of benzene rings is 1. The van der Waals surface area contributed by atoms with Gasteiger partial charge in [0.05, 0.1) is 5.69 Å². The first kappa shape index (κ1) is 14.7. The Bertz CT molecular complexity index is 560. The molecular weight excluding hydrogens is 322 g/mol. The van der Waals surface area contributed by atoms with Gasteiger partial charge in [-0.25, -0.2) is 4.98 Å². The Labute approximate surface area is 127 Å². The summed E-state index contributed by atoms with van der Waals surface area (Å²) in [5.41, 5.74) is 1.88. The van der Waals surface area contributed by atoms with Crippen LogP contribution in [0.2, 0.25) is 0 Å². The standard InChI is InChI=1S/C15H18BrNOS/c1-5-18-15(3,4)14-17-13(10(2)19-14)11-6-8-12(16)9-7-11/h6-9H,5H2,1-4H3. The molecule has 1 aromatic heterocycles. The number of aromatic nitrogens is 1. The smallest absolute Gasteiger partial charge is 0.125 e. The van der Waals surface area contributed by atoms with Gasteiger partial charge in [-0.15, -0.1) is 11.3 Å². The maximum Gasteiger partial charge on any atom is 0.125 e. The van der Waals surface area contributed by atoms with E-state index in [4.69, 9.17) is 9.72 Å². The highest BCUT2D eigenvalue weighted by molar-refractivity contribution is 9.10. The van der Waals surface area contributed by atoms with E-state index in [1.807, 2.05) is 19.1 Å². The lowest BCUT2D eigenvalue weighted by Crippen LogP contribution is -2.21. The van der Waals surface area contributed by atoms with Crippen LogP contribution in [0.4, 0.5) is 0 Å². The average molecular weight is 340 g/mol. The highest BCUT2D eigenvalue weighted by Gasteiger charge is 2.26. The van der Waals surface area contributed by atoms with Crippen molar-refractivity contribution < 1.29 is 4.74 Å². The fraction of sp³-hybridized carbons (Fsp3) is 0.400. The fourth-order valence-corrected chi connectivity index (χ4v) is 3.21. The highest BCUT2D eigenvalue weighted by Crippen LogP contribution is 2.35. The predicted molar refractivity (Wildman–Crippen MR) is 84.6 cm³/mol. The molecule has 0 fully saturated rings. The van der Waals surface area contributed by atoms with Gasteiger partial charge in [-0.3, -0.25) is 0 Å². The van der Waals surface area contributed by atoms with Crippen LogP contribution in [0.5, 0.6) is 0 Å². The van der Waals surface area contributed by atoms with Crippen molar-refractivity contribution >= 4 is 27.3 Å². The summed E-state index contributed by atoms with van der Waals surface area (Å²) in [5, 5.41) is 1.03. The summed E-state index contributed by atoms with van der Waals surface area (Å²) in [6.45, 7) is 8.96. The molecule has 2 aromatic rings. The molecule has 2 rings (SSSR count). The van der Waals surface area contributed by atoms with Crippen LogP contribution in [0.3, 0.4) is 0 Å². The lowest BCUT2D eigenvalue weighted by molar-refractivity contribution is -0.0141. The first-order chi connectivity index (χ1) is 8.94. The summed E-state index contributed by atoms with van der Waals surface area (Å²) in [5.74, 6) is 0. The van der Waals surface area contributed by atoms with E-state index in [2.05, 4.69) is 48.8 Å². The molecule has 1 aromatic carbocycles. The van der Waals surface area contributed by atoms with Gasteiger partial charge in [-0.1, -0.05) is 28.1 Å². The van der Waals surface area contributed by atoms with E-state index in [9.17, 15) is 0 Å². The second kappa shape index (κ2) is 5.73. The third-order valence-electron chi connectivity index (χ3n) is 2.93. The number of hydrogen-bond donors (Lipinski definition) is 0. The maximum absolute atomic E-state index is 5.78. The van der Waals surface area contributed by atoms with Crippen molar-refractivity contribution in [2.45, 2.75) is 33.3 Å². The van der Waals surface area contributed by atoms with E-state index < -0.39 is 0 Å². The SMILES string of the molecule is CCOC(C)(C)c1nc(-c2ccc(Br)cc2)c(C)s1. The zero-order valence-electron chi connectivity index (χ0n) is 11.7. The van der Waals surface area contributed by atoms with Crippen LogP contribution in [0.15, 0.2) is 28.7 Å². The quantitative estimate of drug-likeness (QED) is 0.768. The first-order valence-corrected chi connectivity index (χ1v) is 7.93. The summed E-state index contributed by atoms with van der Waals surface area (Å²) < 4.78 is 6.86. The number of nitrogens with zero attached hydrogens (tertiary/aromatic N) is 1. The van der Waals surface area contributed by atoms with E-state index in [1.165, 1.54) is 4.88 Å². The molecule has 0 saturated carbocycles. The normalized spacial score (nSPS) is 11.8. The number of thiazole rings is 1. The monoisotopic (exact) mass is 339 g/mol. The van der Waals surface area contributed by atoms with Crippen LogP contribution >= 0.6 is 27.3 Å². The van der Waals surface area contributed by atoms with Crippen molar-refractivity contribution in [2.75, 3.05) is 6.61 Å². The molecule has 19 heavy (non-hydrogen) atoms. The Balaban J connectivity index is 2.39. The Morgan fingerprint density at radius 1 is 1.26 bits per heavy atom. The number of rotatable bonds is 4. The van der Waals surface area contributed by atoms with Crippen molar-refractivity contribution in [2.24, 2.45) is 0 Å². The number of hydrogen-bond acceptors (Lipinski definition) is 3. The minimum absolute atomic E-state index is 0.322. The molecule has 0 aliphatic heterocycles. The summed E-state index contributed by atoms with van der Waals surface area (Å²) >= 11 is 5.17. The number of ether oxygens (including phenoxy) is 1. The van der Waals surface area contributed by atoms with E-state index in [1.54, 1.807) is 11.3 Å². The molecular formula is C15H18BrNOS. The molecule has 1 heterocycles. The van der Waals surface area contributed by atoms with Crippen molar-refractivity contribution in [3.63, 3.8) is 0 Å². The molecule has 102 valence electrons. The number of halogens is 1. The molecule has 0 N–H and O–H groups in total. The lowest BCUT2D eigenvalue weighted by Gasteiger charge is -2.21. The topological polar surface area (TPSA) is 22.1 Å². The second-order valence-corrected chi connectivity index (χ2v) is 6.99. The number of aryl methyl sites for hydroxylation is 1. The van der Waals surface area contributed by atoms with Gasteiger partial charge in [0.2, 0.25) is 0 Å². The molecule has 0 spiro atoms. The molecule has 2 nitrogen and oxygen atoms in total. The summed E-state index contributed by atoms with van der Waals surface area (Å²) in [6.07, 6.45) is 0. The van der Waals surface area contributed by atoms with Gasteiger partial charge in [0.15, 0.2) is 0 Å².